The second-order valence-corrected chi connectivity index (χ2v) is 6.48. The number of carbonyl (C=O) groups is 1. The number of anilines is 1. The molecule has 0 spiro atoms. The van der Waals surface area contributed by atoms with Gasteiger partial charge in [0, 0.05) is 16.5 Å². The third kappa shape index (κ3) is 3.70. The second-order valence-electron chi connectivity index (χ2n) is 5.50. The van der Waals surface area contributed by atoms with Gasteiger partial charge in [0.05, 0.1) is 11.0 Å². The van der Waals surface area contributed by atoms with Gasteiger partial charge >= 0.3 is 0 Å². The smallest absolute Gasteiger partial charge is 0.292 e. The Labute approximate surface area is 152 Å². The zero-order valence-corrected chi connectivity index (χ0v) is 14.2. The summed E-state index contributed by atoms with van der Waals surface area (Å²) in [5.41, 5.74) is 6.05. The standard InChI is InChI=1S/C18H14FN3O3S/c19-13-6-3-11(4-7-13)17(16-2-1-9-26-16)21-18(23)12-5-8-14(20)15(10-12)22(24)25/h1-10,17H,20H2,(H,21,23)/t17-/m1/s1. The molecule has 2 aromatic carbocycles. The number of nitro benzene ring substituents is 1. The van der Waals surface area contributed by atoms with Crippen LogP contribution in [0.4, 0.5) is 15.8 Å². The lowest BCUT2D eigenvalue weighted by Gasteiger charge is -2.18. The minimum atomic E-state index is -0.636. The number of thiophene rings is 1. The van der Waals surface area contributed by atoms with Crippen molar-refractivity contribution in [3.63, 3.8) is 0 Å². The summed E-state index contributed by atoms with van der Waals surface area (Å²) < 4.78 is 13.2. The molecular formula is C18H14FN3O3S. The minimum Gasteiger partial charge on any atom is -0.393 e. The van der Waals surface area contributed by atoms with Gasteiger partial charge < -0.3 is 11.1 Å². The van der Waals surface area contributed by atoms with E-state index in [1.807, 2.05) is 17.5 Å². The Bertz CT molecular complexity index is 943. The predicted molar refractivity (Wildman–Crippen MR) is 97.5 cm³/mol. The fourth-order valence-electron chi connectivity index (χ4n) is 2.49. The number of halogens is 1. The van der Waals surface area contributed by atoms with Gasteiger partial charge in [0.15, 0.2) is 0 Å². The van der Waals surface area contributed by atoms with E-state index in [0.717, 1.165) is 10.9 Å². The third-order valence-electron chi connectivity index (χ3n) is 3.80. The van der Waals surface area contributed by atoms with Crippen LogP contribution < -0.4 is 11.1 Å². The van der Waals surface area contributed by atoms with Crippen molar-refractivity contribution in [3.8, 4) is 0 Å². The van der Waals surface area contributed by atoms with E-state index in [2.05, 4.69) is 5.32 Å². The van der Waals surface area contributed by atoms with Crippen molar-refractivity contribution in [2.45, 2.75) is 6.04 Å². The van der Waals surface area contributed by atoms with Crippen LogP contribution in [-0.2, 0) is 0 Å². The molecule has 1 amide bonds. The van der Waals surface area contributed by atoms with Crippen molar-refractivity contribution in [2.75, 3.05) is 5.73 Å². The van der Waals surface area contributed by atoms with Crippen molar-refractivity contribution in [2.24, 2.45) is 0 Å². The highest BCUT2D eigenvalue weighted by Gasteiger charge is 2.21. The summed E-state index contributed by atoms with van der Waals surface area (Å²) >= 11 is 1.44. The van der Waals surface area contributed by atoms with E-state index in [1.54, 1.807) is 12.1 Å². The van der Waals surface area contributed by atoms with Crippen molar-refractivity contribution in [1.29, 1.82) is 0 Å². The largest absolute Gasteiger partial charge is 0.393 e. The minimum absolute atomic E-state index is 0.0140. The first-order valence-corrected chi connectivity index (χ1v) is 8.47. The van der Waals surface area contributed by atoms with E-state index in [4.69, 9.17) is 5.73 Å². The lowest BCUT2D eigenvalue weighted by atomic mass is 10.0. The molecule has 0 saturated carbocycles. The Morgan fingerprint density at radius 3 is 2.54 bits per heavy atom. The zero-order chi connectivity index (χ0) is 18.7. The Morgan fingerprint density at radius 1 is 1.19 bits per heavy atom. The number of carbonyl (C=O) groups excluding carboxylic acids is 1. The van der Waals surface area contributed by atoms with Crippen LogP contribution in [0.15, 0.2) is 60.0 Å². The Kier molecular flexibility index (Phi) is 4.94. The Morgan fingerprint density at radius 2 is 1.92 bits per heavy atom. The predicted octanol–water partition coefficient (Wildman–Crippen LogP) is 3.90. The highest BCUT2D eigenvalue weighted by molar-refractivity contribution is 7.10. The molecule has 0 radical (unpaired) electrons. The van der Waals surface area contributed by atoms with E-state index in [0.29, 0.717) is 5.56 Å². The van der Waals surface area contributed by atoms with Gasteiger partial charge in [-0.05, 0) is 41.3 Å². The number of nitrogen functional groups attached to an aromatic ring is 1. The van der Waals surface area contributed by atoms with E-state index in [9.17, 15) is 19.3 Å². The molecule has 0 saturated heterocycles. The molecule has 3 rings (SSSR count). The number of nitrogens with one attached hydrogen (secondary N) is 1. The summed E-state index contributed by atoms with van der Waals surface area (Å²) in [6.07, 6.45) is 0. The molecule has 6 nitrogen and oxygen atoms in total. The van der Waals surface area contributed by atoms with E-state index < -0.39 is 16.9 Å². The van der Waals surface area contributed by atoms with E-state index >= 15 is 0 Å². The fourth-order valence-corrected chi connectivity index (χ4v) is 3.29. The number of nitro groups is 1. The molecule has 26 heavy (non-hydrogen) atoms. The molecule has 0 aliphatic carbocycles. The number of rotatable bonds is 5. The topological polar surface area (TPSA) is 98.3 Å². The van der Waals surface area contributed by atoms with Crippen LogP contribution in [0, 0.1) is 15.9 Å². The first-order valence-electron chi connectivity index (χ1n) is 7.59. The van der Waals surface area contributed by atoms with E-state index in [-0.39, 0.29) is 22.8 Å². The third-order valence-corrected chi connectivity index (χ3v) is 4.73. The maximum Gasteiger partial charge on any atom is 0.292 e. The summed E-state index contributed by atoms with van der Waals surface area (Å²) in [4.78, 5) is 23.9. The Balaban J connectivity index is 1.92. The normalized spacial score (nSPS) is 11.7. The Hall–Kier alpha value is -3.26. The maximum absolute atomic E-state index is 13.2. The van der Waals surface area contributed by atoms with Crippen LogP contribution in [0.5, 0.6) is 0 Å². The second kappa shape index (κ2) is 7.32. The molecule has 132 valence electrons. The monoisotopic (exact) mass is 371 g/mol. The van der Waals surface area contributed by atoms with Crippen LogP contribution >= 0.6 is 11.3 Å². The number of amides is 1. The average Bonchev–Trinajstić information content (AvgIpc) is 3.15. The molecule has 0 fully saturated rings. The van der Waals surface area contributed by atoms with Crippen LogP contribution in [0.1, 0.15) is 26.8 Å². The number of hydrogen-bond donors (Lipinski definition) is 2. The first-order chi connectivity index (χ1) is 12.5. The summed E-state index contributed by atoms with van der Waals surface area (Å²) in [5, 5.41) is 15.7. The maximum atomic E-state index is 13.2. The first kappa shape index (κ1) is 17.6. The molecule has 1 heterocycles. The molecule has 0 aliphatic heterocycles. The van der Waals surface area contributed by atoms with Gasteiger partial charge in [-0.3, -0.25) is 14.9 Å². The van der Waals surface area contributed by atoms with Crippen LogP contribution in [-0.4, -0.2) is 10.8 Å². The molecule has 1 atom stereocenters. The number of hydrogen-bond acceptors (Lipinski definition) is 5. The van der Waals surface area contributed by atoms with Crippen LogP contribution in [0.2, 0.25) is 0 Å². The summed E-state index contributed by atoms with van der Waals surface area (Å²) in [6, 6.07) is 12.9. The molecule has 0 aliphatic rings. The van der Waals surface area contributed by atoms with Crippen molar-refractivity contribution >= 4 is 28.6 Å². The number of nitrogens with zero attached hydrogens (tertiary/aromatic N) is 1. The molecule has 3 aromatic rings. The van der Waals surface area contributed by atoms with Crippen LogP contribution in [0.25, 0.3) is 0 Å². The zero-order valence-electron chi connectivity index (χ0n) is 13.4. The molecular weight excluding hydrogens is 357 g/mol. The highest BCUT2D eigenvalue weighted by atomic mass is 32.1. The van der Waals surface area contributed by atoms with Crippen molar-refractivity contribution in [1.82, 2.24) is 5.32 Å². The fraction of sp³-hybridized carbons (Fsp3) is 0.0556. The molecule has 8 heteroatoms. The molecule has 1 aromatic heterocycles. The van der Waals surface area contributed by atoms with Gasteiger partial charge in [0.1, 0.15) is 11.5 Å². The van der Waals surface area contributed by atoms with Crippen molar-refractivity contribution < 1.29 is 14.1 Å². The quantitative estimate of drug-likeness (QED) is 0.404. The van der Waals surface area contributed by atoms with Gasteiger partial charge in [0.25, 0.3) is 11.6 Å². The van der Waals surface area contributed by atoms with Crippen molar-refractivity contribution in [3.05, 3.63) is 91.9 Å². The summed E-state index contributed by atoms with van der Waals surface area (Å²) in [6.45, 7) is 0. The van der Waals surface area contributed by atoms with Gasteiger partial charge in [-0.15, -0.1) is 11.3 Å². The lowest BCUT2D eigenvalue weighted by molar-refractivity contribution is -0.383. The van der Waals surface area contributed by atoms with E-state index in [1.165, 1.54) is 35.6 Å². The van der Waals surface area contributed by atoms with Crippen LogP contribution in [0.3, 0.4) is 0 Å². The highest BCUT2D eigenvalue weighted by Crippen LogP contribution is 2.28. The van der Waals surface area contributed by atoms with Gasteiger partial charge in [-0.1, -0.05) is 18.2 Å². The summed E-state index contributed by atoms with van der Waals surface area (Å²) in [7, 11) is 0. The molecule has 0 bridgehead atoms. The van der Waals surface area contributed by atoms with Gasteiger partial charge in [-0.2, -0.15) is 0 Å². The number of benzene rings is 2. The molecule has 0 unspecified atom stereocenters. The average molecular weight is 371 g/mol. The van der Waals surface area contributed by atoms with Gasteiger partial charge in [0.2, 0.25) is 0 Å². The van der Waals surface area contributed by atoms with Gasteiger partial charge in [-0.25, -0.2) is 4.39 Å². The summed E-state index contributed by atoms with van der Waals surface area (Å²) in [5.74, 6) is -0.866. The number of nitrogens with two attached hydrogens (primary N) is 1. The lowest BCUT2D eigenvalue weighted by Crippen LogP contribution is -2.28. The molecule has 3 N–H and O–H groups in total. The SMILES string of the molecule is Nc1ccc(C(=O)N[C@H](c2ccc(F)cc2)c2cccs2)cc1[N+](=O)[O-].